The van der Waals surface area contributed by atoms with E-state index in [-0.39, 0.29) is 4.90 Å². The Morgan fingerprint density at radius 2 is 1.64 bits per heavy atom. The van der Waals surface area contributed by atoms with E-state index in [4.69, 9.17) is 5.26 Å². The number of sulfonamides is 1. The molecule has 0 radical (unpaired) electrons. The number of hydrogen-bond acceptors (Lipinski definition) is 4. The number of benzene rings is 3. The third kappa shape index (κ3) is 3.28. The first kappa shape index (κ1) is 16.8. The first-order valence-corrected chi connectivity index (χ1v) is 9.13. The average Bonchev–Trinajstić information content (AvgIpc) is 2.60. The Labute approximate surface area is 147 Å². The normalized spacial score (nSPS) is 11.1. The highest BCUT2D eigenvalue weighted by Gasteiger charge is 2.18. The van der Waals surface area contributed by atoms with Gasteiger partial charge in [-0.05, 0) is 30.3 Å². The molecule has 0 aliphatic rings. The molecule has 0 spiro atoms. The molecule has 5 nitrogen and oxygen atoms in total. The lowest BCUT2D eigenvalue weighted by Crippen LogP contribution is -2.14. The van der Waals surface area contributed by atoms with Crippen molar-refractivity contribution in [1.82, 2.24) is 0 Å². The molecular weight excluding hydrogens is 334 g/mol. The van der Waals surface area contributed by atoms with Crippen LogP contribution in [0.4, 0.5) is 11.4 Å². The van der Waals surface area contributed by atoms with Gasteiger partial charge in [0.05, 0.1) is 22.2 Å². The summed E-state index contributed by atoms with van der Waals surface area (Å²) in [5.41, 5.74) is 1.70. The number of hydrogen-bond donors (Lipinski definition) is 1. The molecule has 1 N–H and O–H groups in total. The zero-order valence-corrected chi connectivity index (χ0v) is 14.7. The van der Waals surface area contributed by atoms with Crippen LogP contribution in [0.25, 0.3) is 10.8 Å². The van der Waals surface area contributed by atoms with Gasteiger partial charge in [-0.2, -0.15) is 5.26 Å². The van der Waals surface area contributed by atoms with Crippen LogP contribution < -0.4 is 9.62 Å². The van der Waals surface area contributed by atoms with Gasteiger partial charge in [0.1, 0.15) is 0 Å². The summed E-state index contributed by atoms with van der Waals surface area (Å²) in [5, 5.41) is 10.5. The lowest BCUT2D eigenvalue weighted by molar-refractivity contribution is 0.602. The molecule has 0 aliphatic carbocycles. The Kier molecular flexibility index (Phi) is 4.34. The predicted octanol–water partition coefficient (Wildman–Crippen LogP) is 3.58. The van der Waals surface area contributed by atoms with Gasteiger partial charge in [-0.1, -0.05) is 30.3 Å². The molecule has 0 atom stereocenters. The first-order valence-electron chi connectivity index (χ1n) is 7.64. The van der Waals surface area contributed by atoms with Crippen molar-refractivity contribution in [1.29, 1.82) is 5.26 Å². The van der Waals surface area contributed by atoms with Crippen molar-refractivity contribution in [3.05, 3.63) is 66.2 Å². The van der Waals surface area contributed by atoms with Crippen LogP contribution >= 0.6 is 0 Å². The minimum Gasteiger partial charge on any atom is -0.377 e. The topological polar surface area (TPSA) is 73.2 Å². The molecule has 126 valence electrons. The van der Waals surface area contributed by atoms with Crippen LogP contribution in [0.5, 0.6) is 0 Å². The van der Waals surface area contributed by atoms with Gasteiger partial charge in [-0.3, -0.25) is 4.72 Å². The maximum atomic E-state index is 12.9. The summed E-state index contributed by atoms with van der Waals surface area (Å²) in [4.78, 5) is 2.15. The fourth-order valence-electron chi connectivity index (χ4n) is 2.75. The summed E-state index contributed by atoms with van der Waals surface area (Å²) in [5.74, 6) is 0. The number of fused-ring (bicyclic) bond motifs is 1. The first-order chi connectivity index (χ1) is 11.9. The summed E-state index contributed by atoms with van der Waals surface area (Å²) in [6.07, 6.45) is 0. The van der Waals surface area contributed by atoms with E-state index in [0.29, 0.717) is 16.6 Å². The van der Waals surface area contributed by atoms with Gasteiger partial charge in [-0.15, -0.1) is 0 Å². The lowest BCUT2D eigenvalue weighted by atomic mass is 10.1. The van der Waals surface area contributed by atoms with Crippen LogP contribution in [-0.4, -0.2) is 22.5 Å². The summed E-state index contributed by atoms with van der Waals surface area (Å²) >= 11 is 0. The van der Waals surface area contributed by atoms with Gasteiger partial charge in [0.2, 0.25) is 0 Å². The molecule has 0 fully saturated rings. The van der Waals surface area contributed by atoms with E-state index < -0.39 is 10.0 Å². The second-order valence-electron chi connectivity index (χ2n) is 5.82. The van der Waals surface area contributed by atoms with Gasteiger partial charge in [0.15, 0.2) is 0 Å². The molecule has 0 amide bonds. The molecule has 0 saturated carbocycles. The fourth-order valence-corrected chi connectivity index (χ4v) is 4.02. The third-order valence-corrected chi connectivity index (χ3v) is 5.31. The van der Waals surface area contributed by atoms with Crippen molar-refractivity contribution in [3.63, 3.8) is 0 Å². The van der Waals surface area contributed by atoms with E-state index in [2.05, 4.69) is 4.72 Å². The average molecular weight is 351 g/mol. The van der Waals surface area contributed by atoms with Gasteiger partial charge in [0, 0.05) is 30.6 Å². The summed E-state index contributed by atoms with van der Waals surface area (Å²) in [6, 6.07) is 19.2. The summed E-state index contributed by atoms with van der Waals surface area (Å²) in [7, 11) is 0.0512. The number of nitriles is 1. The molecule has 0 bridgehead atoms. The van der Waals surface area contributed by atoms with Crippen molar-refractivity contribution < 1.29 is 8.42 Å². The van der Waals surface area contributed by atoms with Crippen molar-refractivity contribution in [3.8, 4) is 6.07 Å². The van der Waals surface area contributed by atoms with E-state index in [1.54, 1.807) is 36.4 Å². The largest absolute Gasteiger partial charge is 0.377 e. The van der Waals surface area contributed by atoms with Crippen LogP contribution in [0.15, 0.2) is 65.6 Å². The molecule has 0 aromatic heterocycles. The third-order valence-electron chi connectivity index (χ3n) is 3.87. The molecule has 0 unspecified atom stereocenters. The highest BCUT2D eigenvalue weighted by molar-refractivity contribution is 7.93. The summed E-state index contributed by atoms with van der Waals surface area (Å²) in [6.45, 7) is 0. The molecular formula is C19H17N3O2S. The van der Waals surface area contributed by atoms with Crippen LogP contribution in [0, 0.1) is 11.3 Å². The Balaban J connectivity index is 2.12. The molecule has 3 rings (SSSR count). The van der Waals surface area contributed by atoms with E-state index >= 15 is 0 Å². The number of anilines is 2. The maximum absolute atomic E-state index is 12.9. The Morgan fingerprint density at radius 1 is 0.960 bits per heavy atom. The molecule has 3 aromatic carbocycles. The van der Waals surface area contributed by atoms with Gasteiger partial charge in [0.25, 0.3) is 10.0 Å². The predicted molar refractivity (Wildman–Crippen MR) is 100 cm³/mol. The molecule has 25 heavy (non-hydrogen) atoms. The van der Waals surface area contributed by atoms with E-state index in [9.17, 15) is 8.42 Å². The van der Waals surface area contributed by atoms with E-state index in [1.165, 1.54) is 6.07 Å². The molecule has 0 saturated heterocycles. The van der Waals surface area contributed by atoms with Crippen LogP contribution in [0.1, 0.15) is 5.56 Å². The van der Waals surface area contributed by atoms with Crippen molar-refractivity contribution in [2.75, 3.05) is 23.7 Å². The Bertz CT molecular complexity index is 1080. The van der Waals surface area contributed by atoms with Gasteiger partial charge in [-0.25, -0.2) is 8.42 Å². The number of rotatable bonds is 4. The Morgan fingerprint density at radius 3 is 2.36 bits per heavy atom. The smallest absolute Gasteiger partial charge is 0.262 e. The molecule has 6 heteroatoms. The molecule has 0 aliphatic heterocycles. The van der Waals surface area contributed by atoms with Crippen LogP contribution in [-0.2, 0) is 10.0 Å². The minimum atomic E-state index is -3.79. The fraction of sp³-hybridized carbons (Fsp3) is 0.105. The second-order valence-corrected chi connectivity index (χ2v) is 7.47. The van der Waals surface area contributed by atoms with Crippen LogP contribution in [0.3, 0.4) is 0 Å². The summed E-state index contributed by atoms with van der Waals surface area (Å²) < 4.78 is 28.3. The molecule has 0 heterocycles. The zero-order valence-electron chi connectivity index (χ0n) is 13.9. The lowest BCUT2D eigenvalue weighted by Gasteiger charge is -2.17. The Hall–Kier alpha value is -3.04. The highest BCUT2D eigenvalue weighted by Crippen LogP contribution is 2.31. The van der Waals surface area contributed by atoms with Crippen molar-refractivity contribution >= 4 is 32.2 Å². The van der Waals surface area contributed by atoms with E-state index in [1.807, 2.05) is 43.3 Å². The highest BCUT2D eigenvalue weighted by atomic mass is 32.2. The van der Waals surface area contributed by atoms with Gasteiger partial charge >= 0.3 is 0 Å². The number of nitrogens with one attached hydrogen (secondary N) is 1. The monoisotopic (exact) mass is 351 g/mol. The second kappa shape index (κ2) is 6.46. The SMILES string of the molecule is CN(C)c1cccc2c(S(=O)(=O)Nc3cccc(C#N)c3)cccc12. The van der Waals surface area contributed by atoms with Crippen molar-refractivity contribution in [2.45, 2.75) is 4.90 Å². The zero-order chi connectivity index (χ0) is 18.0. The number of nitrogens with zero attached hydrogens (tertiary/aromatic N) is 2. The minimum absolute atomic E-state index is 0.205. The maximum Gasteiger partial charge on any atom is 0.262 e. The quantitative estimate of drug-likeness (QED) is 0.780. The van der Waals surface area contributed by atoms with Gasteiger partial charge < -0.3 is 4.90 Å². The molecule has 3 aromatic rings. The van der Waals surface area contributed by atoms with E-state index in [0.717, 1.165) is 11.1 Å². The standard InChI is InChI=1S/C19H17N3O2S/c1-22(2)18-10-4-9-17-16(18)8-5-11-19(17)25(23,24)21-15-7-3-6-14(12-15)13-20/h3-12,21H,1-2H3. The van der Waals surface area contributed by atoms with Crippen LogP contribution in [0.2, 0.25) is 0 Å². The van der Waals surface area contributed by atoms with Crippen molar-refractivity contribution in [2.24, 2.45) is 0 Å².